The van der Waals surface area contributed by atoms with Gasteiger partial charge in [-0.2, -0.15) is 0 Å². The van der Waals surface area contributed by atoms with E-state index in [-0.39, 0.29) is 29.8 Å². The number of nitrogens with one attached hydrogen (secondary N) is 2. The Morgan fingerprint density at radius 3 is 2.31 bits per heavy atom. The number of nitrogens with zero attached hydrogens (tertiary/aromatic N) is 1. The highest BCUT2D eigenvalue weighted by molar-refractivity contribution is 9.10. The number of benzene rings is 1. The average molecular weight is 555 g/mol. The van der Waals surface area contributed by atoms with Crippen molar-refractivity contribution in [3.63, 3.8) is 0 Å². The van der Waals surface area contributed by atoms with Gasteiger partial charge in [-0.3, -0.25) is 9.59 Å². The van der Waals surface area contributed by atoms with Crippen LogP contribution in [0.3, 0.4) is 0 Å². The predicted octanol–water partition coefficient (Wildman–Crippen LogP) is 4.54. The smallest absolute Gasteiger partial charge is 0.408 e. The average Bonchev–Trinajstić information content (AvgIpc) is 2.74. The number of rotatable bonds is 8. The lowest BCUT2D eigenvalue weighted by Gasteiger charge is -2.32. The van der Waals surface area contributed by atoms with Crippen molar-refractivity contribution in [3.8, 4) is 5.75 Å². The third kappa shape index (κ3) is 10.5. The summed E-state index contributed by atoms with van der Waals surface area (Å²) in [6.45, 7) is 13.3. The largest absolute Gasteiger partial charge is 0.492 e. The number of ether oxygens (including phenoxy) is 2. The summed E-state index contributed by atoms with van der Waals surface area (Å²) in [5, 5.41) is 5.55. The second-order valence-electron chi connectivity index (χ2n) is 10.9. The first-order valence-electron chi connectivity index (χ1n) is 12.2. The van der Waals surface area contributed by atoms with Crippen LogP contribution in [0.25, 0.3) is 0 Å². The lowest BCUT2D eigenvalue weighted by molar-refractivity contribution is -0.131. The Kier molecular flexibility index (Phi) is 10.4. The van der Waals surface area contributed by atoms with Gasteiger partial charge in [-0.1, -0.05) is 26.8 Å². The molecule has 0 unspecified atom stereocenters. The molecule has 35 heavy (non-hydrogen) atoms. The van der Waals surface area contributed by atoms with E-state index in [1.807, 2.05) is 6.07 Å². The number of hydrogen-bond acceptors (Lipinski definition) is 5. The minimum atomic E-state index is -0.607. The van der Waals surface area contributed by atoms with E-state index >= 15 is 0 Å². The summed E-state index contributed by atoms with van der Waals surface area (Å²) in [6.07, 6.45) is 1.77. The van der Waals surface area contributed by atoms with Crippen molar-refractivity contribution >= 4 is 33.8 Å². The first-order valence-corrected chi connectivity index (χ1v) is 13.0. The third-order valence-electron chi connectivity index (χ3n) is 5.60. The second kappa shape index (κ2) is 12.6. The monoisotopic (exact) mass is 553 g/mol. The molecule has 1 fully saturated rings. The lowest BCUT2D eigenvalue weighted by atomic mass is 9.87. The molecule has 0 aromatic heterocycles. The van der Waals surface area contributed by atoms with Gasteiger partial charge >= 0.3 is 6.09 Å². The number of amides is 3. The van der Waals surface area contributed by atoms with Crippen molar-refractivity contribution in [2.45, 2.75) is 84.3 Å². The van der Waals surface area contributed by atoms with E-state index in [0.29, 0.717) is 45.4 Å². The van der Waals surface area contributed by atoms with Crippen LogP contribution in [0, 0.1) is 0 Å². The van der Waals surface area contributed by atoms with Crippen molar-refractivity contribution < 1.29 is 23.9 Å². The van der Waals surface area contributed by atoms with Gasteiger partial charge in [0.1, 0.15) is 17.9 Å². The molecule has 2 rings (SSSR count). The minimum absolute atomic E-state index is 0.00730. The zero-order chi connectivity index (χ0) is 26.2. The fourth-order valence-corrected chi connectivity index (χ4v) is 4.14. The molecule has 3 amide bonds. The highest BCUT2D eigenvalue weighted by Gasteiger charge is 2.25. The minimum Gasteiger partial charge on any atom is -0.492 e. The van der Waals surface area contributed by atoms with Gasteiger partial charge in [0.05, 0.1) is 11.1 Å². The van der Waals surface area contributed by atoms with Gasteiger partial charge in [-0.25, -0.2) is 4.79 Å². The number of carbonyl (C=O) groups is 3. The summed E-state index contributed by atoms with van der Waals surface area (Å²) in [4.78, 5) is 38.1. The molecule has 0 bridgehead atoms. The predicted molar refractivity (Wildman–Crippen MR) is 140 cm³/mol. The first-order chi connectivity index (χ1) is 16.2. The van der Waals surface area contributed by atoms with Gasteiger partial charge in [-0.15, -0.1) is 0 Å². The molecule has 1 heterocycles. The maximum atomic E-state index is 12.3. The number of hydrogen-bond donors (Lipinski definition) is 2. The van der Waals surface area contributed by atoms with Gasteiger partial charge in [0, 0.05) is 25.6 Å². The van der Waals surface area contributed by atoms with E-state index in [1.54, 1.807) is 25.7 Å². The molecule has 0 atom stereocenters. The van der Waals surface area contributed by atoms with Crippen molar-refractivity contribution in [2.24, 2.45) is 0 Å². The fraction of sp³-hybridized carbons (Fsp3) is 0.654. The van der Waals surface area contributed by atoms with E-state index < -0.39 is 11.7 Å². The van der Waals surface area contributed by atoms with E-state index in [4.69, 9.17) is 9.47 Å². The summed E-state index contributed by atoms with van der Waals surface area (Å²) in [5.41, 5.74) is 0.687. The maximum Gasteiger partial charge on any atom is 0.408 e. The Balaban J connectivity index is 1.63. The number of halogens is 1. The van der Waals surface area contributed by atoms with Crippen LogP contribution < -0.4 is 15.4 Å². The summed E-state index contributed by atoms with van der Waals surface area (Å²) < 4.78 is 11.9. The number of alkyl carbamates (subject to hydrolysis) is 1. The zero-order valence-electron chi connectivity index (χ0n) is 21.8. The summed E-state index contributed by atoms with van der Waals surface area (Å²) in [5.74, 6) is 0.614. The molecule has 0 aliphatic carbocycles. The molecule has 0 spiro atoms. The van der Waals surface area contributed by atoms with Crippen molar-refractivity contribution in [1.82, 2.24) is 15.5 Å². The quantitative estimate of drug-likeness (QED) is 0.460. The van der Waals surface area contributed by atoms with Crippen LogP contribution in [-0.4, -0.2) is 60.7 Å². The molecule has 8 nitrogen and oxygen atoms in total. The number of carbonyl (C=O) groups excluding carboxylic acids is 3. The Morgan fingerprint density at radius 2 is 1.74 bits per heavy atom. The second-order valence-corrected chi connectivity index (χ2v) is 11.8. The summed E-state index contributed by atoms with van der Waals surface area (Å²) in [7, 11) is 0. The Hall–Kier alpha value is -2.29. The summed E-state index contributed by atoms with van der Waals surface area (Å²) in [6, 6.07) is 6.15. The van der Waals surface area contributed by atoms with E-state index in [2.05, 4.69) is 59.5 Å². The highest BCUT2D eigenvalue weighted by Crippen LogP contribution is 2.31. The molecule has 1 aliphatic rings. The SMILES string of the molecule is CC(C)(C)OC(=O)NCC(=O)N1CCC(NC(=O)CCCOc2ccc(C(C)(C)C)cc2Br)CC1. The van der Waals surface area contributed by atoms with E-state index in [1.165, 1.54) is 5.56 Å². The molecular formula is C26H40BrN3O5. The van der Waals surface area contributed by atoms with E-state index in [0.717, 1.165) is 10.2 Å². The highest BCUT2D eigenvalue weighted by atomic mass is 79.9. The van der Waals surface area contributed by atoms with Crippen molar-refractivity contribution in [3.05, 3.63) is 28.2 Å². The van der Waals surface area contributed by atoms with Crippen LogP contribution in [0.4, 0.5) is 4.79 Å². The third-order valence-corrected chi connectivity index (χ3v) is 6.22. The fourth-order valence-electron chi connectivity index (χ4n) is 3.65. The molecule has 0 radical (unpaired) electrons. The topological polar surface area (TPSA) is 97.0 Å². The van der Waals surface area contributed by atoms with Crippen LogP contribution in [0.15, 0.2) is 22.7 Å². The maximum absolute atomic E-state index is 12.3. The van der Waals surface area contributed by atoms with Gasteiger partial charge in [0.25, 0.3) is 0 Å². The van der Waals surface area contributed by atoms with Crippen LogP contribution in [0.5, 0.6) is 5.75 Å². The lowest BCUT2D eigenvalue weighted by Crippen LogP contribution is -2.49. The molecule has 1 saturated heterocycles. The number of likely N-dealkylation sites (tertiary alicyclic amines) is 1. The van der Waals surface area contributed by atoms with E-state index in [9.17, 15) is 14.4 Å². The summed E-state index contributed by atoms with van der Waals surface area (Å²) >= 11 is 3.57. The Bertz CT molecular complexity index is 884. The Labute approximate surface area is 217 Å². The molecule has 2 N–H and O–H groups in total. The standard InChI is InChI=1S/C26H40BrN3O5/c1-25(2,3)18-9-10-21(20(27)16-18)34-15-7-8-22(31)29-19-11-13-30(14-12-19)23(32)17-28-24(33)35-26(4,5)6/h9-10,16,19H,7-8,11-15,17H2,1-6H3,(H,28,33)(H,29,31). The molecule has 196 valence electrons. The molecule has 1 aliphatic heterocycles. The zero-order valence-corrected chi connectivity index (χ0v) is 23.4. The van der Waals surface area contributed by atoms with Gasteiger partial charge in [-0.05, 0) is 79.1 Å². The van der Waals surface area contributed by atoms with Gasteiger partial charge in [0.2, 0.25) is 11.8 Å². The molecular weight excluding hydrogens is 514 g/mol. The van der Waals surface area contributed by atoms with Crippen LogP contribution >= 0.6 is 15.9 Å². The molecule has 1 aromatic carbocycles. The van der Waals surface area contributed by atoms with Crippen LogP contribution in [-0.2, 0) is 19.7 Å². The Morgan fingerprint density at radius 1 is 1.09 bits per heavy atom. The number of piperidine rings is 1. The van der Waals surface area contributed by atoms with Crippen molar-refractivity contribution in [2.75, 3.05) is 26.2 Å². The van der Waals surface area contributed by atoms with Crippen LogP contribution in [0.2, 0.25) is 0 Å². The first kappa shape index (κ1) is 28.9. The molecule has 9 heteroatoms. The van der Waals surface area contributed by atoms with Crippen LogP contribution in [0.1, 0.15) is 72.8 Å². The van der Waals surface area contributed by atoms with Gasteiger partial charge in [0.15, 0.2) is 0 Å². The molecule has 0 saturated carbocycles. The van der Waals surface area contributed by atoms with Crippen molar-refractivity contribution in [1.29, 1.82) is 0 Å². The van der Waals surface area contributed by atoms with Gasteiger partial charge < -0.3 is 25.0 Å². The normalized spacial score (nSPS) is 14.9. The molecule has 1 aromatic rings.